The fraction of sp³-hybridized carbons (Fsp3) is 1.00. The lowest BCUT2D eigenvalue weighted by atomic mass is 10.00. The molecule has 1 heterocycles. The Balaban J connectivity index is 1.82. The summed E-state index contributed by atoms with van der Waals surface area (Å²) < 4.78 is 0. The molecule has 0 radical (unpaired) electrons. The van der Waals surface area contributed by atoms with Crippen molar-refractivity contribution in [2.45, 2.75) is 44.7 Å². The van der Waals surface area contributed by atoms with Crippen molar-refractivity contribution in [3.63, 3.8) is 0 Å². The van der Waals surface area contributed by atoms with Gasteiger partial charge in [0.2, 0.25) is 0 Å². The highest BCUT2D eigenvalue weighted by Crippen LogP contribution is 2.31. The molecular weight excluding hydrogens is 148 g/mol. The topological polar surface area (TPSA) is 29.3 Å². The molecule has 1 saturated heterocycles. The maximum absolute atomic E-state index is 5.94. The molecule has 1 aliphatic carbocycles. The summed E-state index contributed by atoms with van der Waals surface area (Å²) in [4.78, 5) is 2.59. The Bertz CT molecular complexity index is 152. The van der Waals surface area contributed by atoms with E-state index in [0.29, 0.717) is 6.04 Å². The van der Waals surface area contributed by atoms with Gasteiger partial charge in [-0.2, -0.15) is 0 Å². The number of nitrogens with two attached hydrogens (primary N) is 1. The molecule has 0 bridgehead atoms. The molecule has 70 valence electrons. The van der Waals surface area contributed by atoms with Crippen molar-refractivity contribution < 1.29 is 0 Å². The normalized spacial score (nSPS) is 38.5. The molecule has 2 N–H and O–H groups in total. The smallest absolute Gasteiger partial charge is 0.0168 e. The Morgan fingerprint density at radius 3 is 2.67 bits per heavy atom. The van der Waals surface area contributed by atoms with E-state index in [1.54, 1.807) is 0 Å². The lowest BCUT2D eigenvalue weighted by molar-refractivity contribution is 0.139. The molecule has 1 saturated carbocycles. The molecule has 0 spiro atoms. The average Bonchev–Trinajstić information content (AvgIpc) is 2.81. The highest BCUT2D eigenvalue weighted by atomic mass is 15.2. The number of piperidine rings is 1. The third kappa shape index (κ3) is 1.99. The third-order valence-electron chi connectivity index (χ3n) is 3.24. The Hall–Kier alpha value is -0.0800. The molecule has 2 rings (SSSR count). The summed E-state index contributed by atoms with van der Waals surface area (Å²) in [7, 11) is 0. The monoisotopic (exact) mass is 168 g/mol. The molecule has 2 heteroatoms. The standard InChI is InChI=1S/C10H20N2/c1-8-2-5-10(11)7-12(8)6-9-3-4-9/h8-10H,2-7,11H2,1H3. The summed E-state index contributed by atoms with van der Waals surface area (Å²) in [5, 5.41) is 0. The van der Waals surface area contributed by atoms with Gasteiger partial charge in [0.05, 0.1) is 0 Å². The van der Waals surface area contributed by atoms with E-state index < -0.39 is 0 Å². The van der Waals surface area contributed by atoms with Gasteiger partial charge in [-0.1, -0.05) is 0 Å². The van der Waals surface area contributed by atoms with Crippen LogP contribution in [0.2, 0.25) is 0 Å². The van der Waals surface area contributed by atoms with Crippen LogP contribution in [0.4, 0.5) is 0 Å². The molecule has 1 aliphatic heterocycles. The SMILES string of the molecule is CC1CCC(N)CN1CC1CC1. The van der Waals surface area contributed by atoms with Crippen molar-refractivity contribution in [1.82, 2.24) is 4.90 Å². The van der Waals surface area contributed by atoms with E-state index >= 15 is 0 Å². The Kier molecular flexibility index (Phi) is 2.37. The van der Waals surface area contributed by atoms with E-state index in [1.165, 1.54) is 32.2 Å². The van der Waals surface area contributed by atoms with Crippen LogP contribution in [-0.2, 0) is 0 Å². The van der Waals surface area contributed by atoms with Crippen LogP contribution in [0.15, 0.2) is 0 Å². The second kappa shape index (κ2) is 3.35. The van der Waals surface area contributed by atoms with Crippen LogP contribution in [0.3, 0.4) is 0 Å². The van der Waals surface area contributed by atoms with Gasteiger partial charge in [0.25, 0.3) is 0 Å². The predicted molar refractivity (Wildman–Crippen MR) is 51.0 cm³/mol. The van der Waals surface area contributed by atoms with E-state index in [4.69, 9.17) is 5.73 Å². The van der Waals surface area contributed by atoms with E-state index in [9.17, 15) is 0 Å². The molecule has 12 heavy (non-hydrogen) atoms. The van der Waals surface area contributed by atoms with Gasteiger partial charge >= 0.3 is 0 Å². The molecule has 0 aromatic heterocycles. The lowest BCUT2D eigenvalue weighted by Crippen LogP contribution is -2.48. The minimum Gasteiger partial charge on any atom is -0.327 e. The van der Waals surface area contributed by atoms with Crippen molar-refractivity contribution in [3.8, 4) is 0 Å². The number of likely N-dealkylation sites (tertiary alicyclic amines) is 1. The second-order valence-electron chi connectivity index (χ2n) is 4.58. The second-order valence-corrected chi connectivity index (χ2v) is 4.58. The van der Waals surface area contributed by atoms with E-state index in [2.05, 4.69) is 11.8 Å². The van der Waals surface area contributed by atoms with Crippen LogP contribution in [0.1, 0.15) is 32.6 Å². The summed E-state index contributed by atoms with van der Waals surface area (Å²) in [5.41, 5.74) is 5.94. The van der Waals surface area contributed by atoms with Crippen molar-refractivity contribution in [2.75, 3.05) is 13.1 Å². The van der Waals surface area contributed by atoms with Gasteiger partial charge in [0.15, 0.2) is 0 Å². The first-order chi connectivity index (χ1) is 5.75. The minimum absolute atomic E-state index is 0.444. The zero-order valence-electron chi connectivity index (χ0n) is 8.00. The molecule has 2 nitrogen and oxygen atoms in total. The van der Waals surface area contributed by atoms with E-state index in [0.717, 1.165) is 18.5 Å². The molecule has 0 aromatic rings. The van der Waals surface area contributed by atoms with Crippen LogP contribution in [0.25, 0.3) is 0 Å². The largest absolute Gasteiger partial charge is 0.327 e. The highest BCUT2D eigenvalue weighted by molar-refractivity contribution is 4.85. The van der Waals surface area contributed by atoms with Gasteiger partial charge in [-0.25, -0.2) is 0 Å². The molecule has 0 aromatic carbocycles. The molecular formula is C10H20N2. The summed E-state index contributed by atoms with van der Waals surface area (Å²) in [6.45, 7) is 4.79. The van der Waals surface area contributed by atoms with Crippen LogP contribution in [0.5, 0.6) is 0 Å². The molecule has 2 atom stereocenters. The summed E-state index contributed by atoms with van der Waals surface area (Å²) >= 11 is 0. The van der Waals surface area contributed by atoms with Crippen LogP contribution < -0.4 is 5.73 Å². The number of hydrogen-bond acceptors (Lipinski definition) is 2. The first-order valence-electron chi connectivity index (χ1n) is 5.25. The fourth-order valence-corrected chi connectivity index (χ4v) is 2.10. The average molecular weight is 168 g/mol. The summed E-state index contributed by atoms with van der Waals surface area (Å²) in [5.74, 6) is 1.01. The van der Waals surface area contributed by atoms with E-state index in [1.807, 2.05) is 0 Å². The molecule has 2 fully saturated rings. The quantitative estimate of drug-likeness (QED) is 0.671. The van der Waals surface area contributed by atoms with Gasteiger partial charge in [-0.15, -0.1) is 0 Å². The highest BCUT2D eigenvalue weighted by Gasteiger charge is 2.29. The Labute approximate surface area is 75.1 Å². The number of hydrogen-bond donors (Lipinski definition) is 1. The van der Waals surface area contributed by atoms with Crippen molar-refractivity contribution >= 4 is 0 Å². The fourth-order valence-electron chi connectivity index (χ4n) is 2.10. The van der Waals surface area contributed by atoms with Crippen molar-refractivity contribution in [2.24, 2.45) is 11.7 Å². The van der Waals surface area contributed by atoms with Crippen LogP contribution in [-0.4, -0.2) is 30.1 Å². The minimum atomic E-state index is 0.444. The maximum atomic E-state index is 5.94. The summed E-state index contributed by atoms with van der Waals surface area (Å²) in [6.07, 6.45) is 5.44. The maximum Gasteiger partial charge on any atom is 0.0168 e. The van der Waals surface area contributed by atoms with Gasteiger partial charge in [0.1, 0.15) is 0 Å². The first kappa shape index (κ1) is 8.52. The molecule has 2 aliphatic rings. The lowest BCUT2D eigenvalue weighted by Gasteiger charge is -2.36. The number of nitrogens with zero attached hydrogens (tertiary/aromatic N) is 1. The summed E-state index contributed by atoms with van der Waals surface area (Å²) in [6, 6.07) is 1.23. The van der Waals surface area contributed by atoms with Gasteiger partial charge in [-0.05, 0) is 38.5 Å². The van der Waals surface area contributed by atoms with Crippen molar-refractivity contribution in [3.05, 3.63) is 0 Å². The molecule has 0 amide bonds. The van der Waals surface area contributed by atoms with Gasteiger partial charge < -0.3 is 5.73 Å². The predicted octanol–water partition coefficient (Wildman–Crippen LogP) is 1.21. The Morgan fingerprint density at radius 2 is 2.00 bits per heavy atom. The molecule has 2 unspecified atom stereocenters. The Morgan fingerprint density at radius 1 is 1.25 bits per heavy atom. The van der Waals surface area contributed by atoms with Crippen LogP contribution in [0, 0.1) is 5.92 Å². The van der Waals surface area contributed by atoms with Gasteiger partial charge in [0, 0.05) is 25.2 Å². The third-order valence-corrected chi connectivity index (χ3v) is 3.24. The number of rotatable bonds is 2. The van der Waals surface area contributed by atoms with Gasteiger partial charge in [-0.3, -0.25) is 4.90 Å². The zero-order valence-corrected chi connectivity index (χ0v) is 8.00. The zero-order chi connectivity index (χ0) is 8.55. The van der Waals surface area contributed by atoms with Crippen molar-refractivity contribution in [1.29, 1.82) is 0 Å². The first-order valence-corrected chi connectivity index (χ1v) is 5.25. The van der Waals surface area contributed by atoms with Crippen LogP contribution >= 0.6 is 0 Å². The van der Waals surface area contributed by atoms with E-state index in [-0.39, 0.29) is 0 Å².